The first-order valence-electron chi connectivity index (χ1n) is 13.0. The Kier molecular flexibility index (Phi) is 6.71. The van der Waals surface area contributed by atoms with Gasteiger partial charge >= 0.3 is 6.36 Å². The van der Waals surface area contributed by atoms with Gasteiger partial charge in [-0.15, -0.1) is 13.2 Å². The Morgan fingerprint density at radius 2 is 1.68 bits per heavy atom. The van der Waals surface area contributed by atoms with Gasteiger partial charge in [-0.25, -0.2) is 9.97 Å². The number of imidazole rings is 1. The number of anilines is 1. The zero-order valence-corrected chi connectivity index (χ0v) is 21.4. The van der Waals surface area contributed by atoms with Crippen molar-refractivity contribution in [3.8, 4) is 28.3 Å². The average Bonchev–Trinajstić information content (AvgIpc) is 3.67. The van der Waals surface area contributed by atoms with Gasteiger partial charge in [0, 0.05) is 35.9 Å². The summed E-state index contributed by atoms with van der Waals surface area (Å²) >= 11 is 0. The number of Topliss-reactive ketones (excluding diaryl/α,β-unsaturated/α-hetero) is 1. The van der Waals surface area contributed by atoms with Crippen LogP contribution < -0.4 is 10.1 Å². The first-order valence-corrected chi connectivity index (χ1v) is 13.0. The average molecular weight is 543 g/mol. The number of aromatic nitrogens is 3. The second-order valence-electron chi connectivity index (χ2n) is 9.87. The van der Waals surface area contributed by atoms with Crippen LogP contribution >= 0.6 is 0 Å². The standard InChI is InChI=1S/C31H25F3N4O2/c32-31(33,34)40-25-14-8-21(9-15-25)17-35-29-30-36-18-27(38(30)19-26(37-29)22-4-2-1-3-5-22)23-10-12-24(13-11-23)28(39)16-20-6-7-20/h1-5,8-15,18-20H,6-7,16-17H2,(H,35,37). The Balaban J connectivity index is 1.31. The second-order valence-corrected chi connectivity index (χ2v) is 9.87. The number of hydrogen-bond acceptors (Lipinski definition) is 5. The minimum absolute atomic E-state index is 0.173. The number of rotatable bonds is 9. The molecule has 1 N–H and O–H groups in total. The predicted octanol–water partition coefficient (Wildman–Crippen LogP) is 7.56. The molecule has 6 rings (SSSR count). The predicted molar refractivity (Wildman–Crippen MR) is 146 cm³/mol. The lowest BCUT2D eigenvalue weighted by Gasteiger charge is -2.12. The number of ketones is 1. The molecule has 1 saturated carbocycles. The lowest BCUT2D eigenvalue weighted by atomic mass is 10.0. The smallest absolute Gasteiger partial charge is 0.406 e. The number of carbonyl (C=O) groups is 1. The lowest BCUT2D eigenvalue weighted by Crippen LogP contribution is -2.17. The second kappa shape index (κ2) is 10.5. The molecule has 202 valence electrons. The Hall–Kier alpha value is -4.66. The van der Waals surface area contributed by atoms with E-state index in [9.17, 15) is 18.0 Å². The van der Waals surface area contributed by atoms with E-state index in [1.807, 2.05) is 65.2 Å². The van der Waals surface area contributed by atoms with Gasteiger partial charge in [-0.2, -0.15) is 0 Å². The van der Waals surface area contributed by atoms with Gasteiger partial charge in [-0.3, -0.25) is 9.20 Å². The molecule has 1 aliphatic rings. The van der Waals surface area contributed by atoms with E-state index >= 15 is 0 Å². The SMILES string of the molecule is O=C(CC1CC1)c1ccc(-c2cnc3c(NCc4ccc(OC(F)(F)F)cc4)nc(-c4ccccc4)cn23)cc1. The van der Waals surface area contributed by atoms with Crippen LogP contribution in [0.5, 0.6) is 5.75 Å². The number of alkyl halides is 3. The third kappa shape index (κ3) is 5.83. The Labute approximate surface area is 228 Å². The molecule has 1 aliphatic carbocycles. The molecule has 3 aromatic carbocycles. The molecule has 0 amide bonds. The summed E-state index contributed by atoms with van der Waals surface area (Å²) in [5.41, 5.74) is 5.45. The van der Waals surface area contributed by atoms with E-state index in [1.165, 1.54) is 12.1 Å². The number of hydrogen-bond donors (Lipinski definition) is 1. The topological polar surface area (TPSA) is 68.5 Å². The quantitative estimate of drug-likeness (QED) is 0.195. The van der Waals surface area contributed by atoms with Crippen LogP contribution in [0.4, 0.5) is 19.0 Å². The Morgan fingerprint density at radius 3 is 2.35 bits per heavy atom. The van der Waals surface area contributed by atoms with E-state index in [0.29, 0.717) is 35.9 Å². The van der Waals surface area contributed by atoms with E-state index in [-0.39, 0.29) is 11.5 Å². The monoisotopic (exact) mass is 542 g/mol. The molecular weight excluding hydrogens is 517 g/mol. The van der Waals surface area contributed by atoms with Crippen LogP contribution in [0.3, 0.4) is 0 Å². The molecule has 0 atom stereocenters. The molecule has 1 fully saturated rings. The summed E-state index contributed by atoms with van der Waals surface area (Å²) in [7, 11) is 0. The van der Waals surface area contributed by atoms with Crippen LogP contribution in [0, 0.1) is 5.92 Å². The molecule has 40 heavy (non-hydrogen) atoms. The molecule has 9 heteroatoms. The summed E-state index contributed by atoms with van der Waals surface area (Å²) in [6, 6.07) is 23.0. The fourth-order valence-corrected chi connectivity index (χ4v) is 4.59. The van der Waals surface area contributed by atoms with Crippen LogP contribution in [0.2, 0.25) is 0 Å². The third-order valence-corrected chi connectivity index (χ3v) is 6.85. The Bertz CT molecular complexity index is 1640. The van der Waals surface area contributed by atoms with Gasteiger partial charge in [-0.05, 0) is 36.5 Å². The minimum Gasteiger partial charge on any atom is -0.406 e. The van der Waals surface area contributed by atoms with Crippen LogP contribution in [0.1, 0.15) is 35.2 Å². The van der Waals surface area contributed by atoms with Gasteiger partial charge in [-0.1, -0.05) is 66.7 Å². The van der Waals surface area contributed by atoms with Gasteiger partial charge in [0.05, 0.1) is 17.6 Å². The van der Waals surface area contributed by atoms with E-state index < -0.39 is 6.36 Å². The molecule has 0 bridgehead atoms. The molecule has 0 radical (unpaired) electrons. The first kappa shape index (κ1) is 25.6. The Morgan fingerprint density at radius 1 is 0.950 bits per heavy atom. The third-order valence-electron chi connectivity index (χ3n) is 6.85. The highest BCUT2D eigenvalue weighted by molar-refractivity contribution is 5.96. The van der Waals surface area contributed by atoms with Crippen LogP contribution in [-0.2, 0) is 6.54 Å². The summed E-state index contributed by atoms with van der Waals surface area (Å²) in [5.74, 6) is 0.958. The number of nitrogens with one attached hydrogen (secondary N) is 1. The summed E-state index contributed by atoms with van der Waals surface area (Å²) in [5, 5.41) is 3.29. The highest BCUT2D eigenvalue weighted by Crippen LogP contribution is 2.34. The van der Waals surface area contributed by atoms with Crippen molar-refractivity contribution in [2.45, 2.75) is 32.2 Å². The fraction of sp³-hybridized carbons (Fsp3) is 0.194. The highest BCUT2D eigenvalue weighted by Gasteiger charge is 2.31. The largest absolute Gasteiger partial charge is 0.573 e. The molecule has 0 unspecified atom stereocenters. The van der Waals surface area contributed by atoms with E-state index in [0.717, 1.165) is 40.9 Å². The molecule has 0 aliphatic heterocycles. The number of halogens is 3. The zero-order valence-electron chi connectivity index (χ0n) is 21.4. The first-order chi connectivity index (χ1) is 19.3. The van der Waals surface area contributed by atoms with Gasteiger partial charge in [0.1, 0.15) is 5.75 Å². The van der Waals surface area contributed by atoms with Crippen molar-refractivity contribution in [3.05, 3.63) is 102 Å². The molecule has 6 nitrogen and oxygen atoms in total. The number of nitrogens with zero attached hydrogens (tertiary/aromatic N) is 3. The van der Waals surface area contributed by atoms with Crippen LogP contribution in [0.15, 0.2) is 91.3 Å². The number of ether oxygens (including phenoxy) is 1. The maximum absolute atomic E-state index is 12.5. The molecule has 5 aromatic rings. The molecular formula is C31H25F3N4O2. The van der Waals surface area contributed by atoms with Crippen molar-refractivity contribution in [3.63, 3.8) is 0 Å². The van der Waals surface area contributed by atoms with Gasteiger partial charge in [0.25, 0.3) is 0 Å². The molecule has 2 heterocycles. The summed E-state index contributed by atoms with van der Waals surface area (Å²) < 4.78 is 43.4. The van der Waals surface area contributed by atoms with E-state index in [2.05, 4.69) is 15.0 Å². The van der Waals surface area contributed by atoms with Gasteiger partial charge in [0.15, 0.2) is 17.2 Å². The van der Waals surface area contributed by atoms with E-state index in [4.69, 9.17) is 4.98 Å². The highest BCUT2D eigenvalue weighted by atomic mass is 19.4. The fourth-order valence-electron chi connectivity index (χ4n) is 4.59. The maximum atomic E-state index is 12.5. The molecule has 2 aromatic heterocycles. The van der Waals surface area contributed by atoms with E-state index in [1.54, 1.807) is 18.3 Å². The van der Waals surface area contributed by atoms with Crippen LogP contribution in [-0.4, -0.2) is 26.5 Å². The zero-order chi connectivity index (χ0) is 27.7. The molecule has 0 saturated heterocycles. The maximum Gasteiger partial charge on any atom is 0.573 e. The van der Waals surface area contributed by atoms with Gasteiger partial charge in [0.2, 0.25) is 0 Å². The van der Waals surface area contributed by atoms with Crippen molar-refractivity contribution in [1.29, 1.82) is 0 Å². The minimum atomic E-state index is -4.74. The summed E-state index contributed by atoms with van der Waals surface area (Å²) in [6.45, 7) is 0.313. The number of benzene rings is 3. The normalized spacial score (nSPS) is 13.4. The van der Waals surface area contributed by atoms with Gasteiger partial charge < -0.3 is 10.1 Å². The van der Waals surface area contributed by atoms with Crippen molar-refractivity contribution in [2.75, 3.05) is 5.32 Å². The van der Waals surface area contributed by atoms with Crippen molar-refractivity contribution < 1.29 is 22.7 Å². The summed E-state index contributed by atoms with van der Waals surface area (Å²) in [6.07, 6.45) is 1.83. The number of fused-ring (bicyclic) bond motifs is 1. The molecule has 0 spiro atoms. The van der Waals surface area contributed by atoms with Crippen molar-refractivity contribution >= 4 is 17.2 Å². The van der Waals surface area contributed by atoms with Crippen LogP contribution in [0.25, 0.3) is 28.2 Å². The van der Waals surface area contributed by atoms with Crippen molar-refractivity contribution in [1.82, 2.24) is 14.4 Å². The number of carbonyl (C=O) groups excluding carboxylic acids is 1. The summed E-state index contributed by atoms with van der Waals surface area (Å²) in [4.78, 5) is 22.0. The van der Waals surface area contributed by atoms with Crippen molar-refractivity contribution in [2.24, 2.45) is 5.92 Å². The lowest BCUT2D eigenvalue weighted by molar-refractivity contribution is -0.274.